The number of esters is 1. The van der Waals surface area contributed by atoms with Gasteiger partial charge in [0.15, 0.2) is 0 Å². The van der Waals surface area contributed by atoms with Crippen LogP contribution >= 0.6 is 0 Å². The second kappa shape index (κ2) is 9.21. The van der Waals surface area contributed by atoms with Crippen molar-refractivity contribution < 1.29 is 19.1 Å². The third-order valence-corrected chi connectivity index (χ3v) is 4.67. The monoisotopic (exact) mass is 367 g/mol. The van der Waals surface area contributed by atoms with Crippen LogP contribution in [0.25, 0.3) is 0 Å². The molecule has 0 spiro atoms. The zero-order valence-electron chi connectivity index (χ0n) is 15.6. The van der Waals surface area contributed by atoms with Gasteiger partial charge in [-0.2, -0.15) is 0 Å². The van der Waals surface area contributed by atoms with Crippen LogP contribution in [0.1, 0.15) is 42.1 Å². The Morgan fingerprint density at radius 1 is 1.04 bits per heavy atom. The predicted octanol–water partition coefficient (Wildman–Crippen LogP) is 3.82. The molecule has 0 aliphatic carbocycles. The van der Waals surface area contributed by atoms with Crippen molar-refractivity contribution in [2.75, 3.05) is 13.2 Å². The number of piperidine rings is 1. The molecule has 1 saturated heterocycles. The number of nitrogens with zero attached hydrogens (tertiary/aromatic N) is 1. The van der Waals surface area contributed by atoms with Crippen molar-refractivity contribution in [2.45, 2.75) is 38.8 Å². The lowest BCUT2D eigenvalue weighted by atomic mass is 10.0. The molecule has 1 aliphatic rings. The fraction of sp³-hybridized carbons (Fsp3) is 0.364. The maximum atomic E-state index is 12.9. The summed E-state index contributed by atoms with van der Waals surface area (Å²) >= 11 is 0. The van der Waals surface area contributed by atoms with Gasteiger partial charge in [-0.1, -0.05) is 30.3 Å². The quantitative estimate of drug-likeness (QED) is 0.728. The van der Waals surface area contributed by atoms with Crippen LogP contribution < -0.4 is 4.74 Å². The summed E-state index contributed by atoms with van der Waals surface area (Å²) in [4.78, 5) is 26.7. The summed E-state index contributed by atoms with van der Waals surface area (Å²) in [7, 11) is 0. The van der Waals surface area contributed by atoms with Gasteiger partial charge in [0, 0.05) is 12.1 Å². The van der Waals surface area contributed by atoms with E-state index in [1.54, 1.807) is 36.1 Å². The fourth-order valence-electron chi connectivity index (χ4n) is 3.26. The summed E-state index contributed by atoms with van der Waals surface area (Å²) in [6.07, 6.45) is 2.49. The lowest BCUT2D eigenvalue weighted by molar-refractivity contribution is -0.149. The van der Waals surface area contributed by atoms with Gasteiger partial charge in [0.05, 0.1) is 6.61 Å². The zero-order valence-corrected chi connectivity index (χ0v) is 15.6. The Morgan fingerprint density at radius 2 is 1.78 bits per heavy atom. The lowest BCUT2D eigenvalue weighted by Crippen LogP contribution is -2.48. The number of hydrogen-bond donors (Lipinski definition) is 0. The van der Waals surface area contributed by atoms with Gasteiger partial charge in [0.1, 0.15) is 18.4 Å². The maximum absolute atomic E-state index is 12.9. The van der Waals surface area contributed by atoms with Crippen LogP contribution in [-0.4, -0.2) is 36.0 Å². The van der Waals surface area contributed by atoms with Gasteiger partial charge in [-0.05, 0) is 56.0 Å². The highest BCUT2D eigenvalue weighted by Gasteiger charge is 2.33. The highest BCUT2D eigenvalue weighted by Crippen LogP contribution is 2.22. The van der Waals surface area contributed by atoms with Crippen LogP contribution in [0, 0.1) is 0 Å². The van der Waals surface area contributed by atoms with E-state index in [1.165, 1.54) is 0 Å². The molecule has 1 heterocycles. The van der Waals surface area contributed by atoms with Crippen molar-refractivity contribution in [2.24, 2.45) is 0 Å². The molecule has 5 heteroatoms. The van der Waals surface area contributed by atoms with Crippen LogP contribution in [0.5, 0.6) is 5.75 Å². The van der Waals surface area contributed by atoms with Crippen LogP contribution in [0.4, 0.5) is 0 Å². The lowest BCUT2D eigenvalue weighted by Gasteiger charge is -2.34. The molecule has 1 fully saturated rings. The molecule has 0 saturated carbocycles. The van der Waals surface area contributed by atoms with Crippen molar-refractivity contribution >= 4 is 11.9 Å². The third-order valence-electron chi connectivity index (χ3n) is 4.67. The molecule has 0 N–H and O–H groups in total. The molecule has 0 bridgehead atoms. The van der Waals surface area contributed by atoms with E-state index >= 15 is 0 Å². The first-order chi connectivity index (χ1) is 13.2. The Kier molecular flexibility index (Phi) is 6.47. The highest BCUT2D eigenvalue weighted by atomic mass is 16.5. The smallest absolute Gasteiger partial charge is 0.328 e. The Bertz CT molecular complexity index is 758. The van der Waals surface area contributed by atoms with Crippen LogP contribution in [0.2, 0.25) is 0 Å². The van der Waals surface area contributed by atoms with E-state index in [1.807, 2.05) is 30.3 Å². The van der Waals surface area contributed by atoms with Crippen molar-refractivity contribution in [3.8, 4) is 5.75 Å². The molecule has 2 aromatic carbocycles. The maximum Gasteiger partial charge on any atom is 0.328 e. The zero-order chi connectivity index (χ0) is 19.1. The SMILES string of the molecule is CCOC(=O)C1CCCCN1C(=O)c1ccc(OCc2ccccc2)cc1. The molecule has 27 heavy (non-hydrogen) atoms. The fourth-order valence-corrected chi connectivity index (χ4v) is 3.26. The van der Waals surface area contributed by atoms with Gasteiger partial charge in [0.2, 0.25) is 0 Å². The summed E-state index contributed by atoms with van der Waals surface area (Å²) in [5.74, 6) is 0.256. The number of ether oxygens (including phenoxy) is 2. The highest BCUT2D eigenvalue weighted by molar-refractivity contribution is 5.97. The van der Waals surface area contributed by atoms with E-state index in [0.29, 0.717) is 37.5 Å². The Morgan fingerprint density at radius 3 is 2.48 bits per heavy atom. The number of likely N-dealkylation sites (tertiary alicyclic amines) is 1. The average Bonchev–Trinajstić information content (AvgIpc) is 2.73. The van der Waals surface area contributed by atoms with E-state index in [0.717, 1.165) is 18.4 Å². The third kappa shape index (κ3) is 4.88. The molecule has 3 rings (SSSR count). The van der Waals surface area contributed by atoms with E-state index in [9.17, 15) is 9.59 Å². The van der Waals surface area contributed by atoms with Gasteiger partial charge in [-0.15, -0.1) is 0 Å². The first kappa shape index (κ1) is 19.0. The Labute approximate surface area is 159 Å². The predicted molar refractivity (Wildman–Crippen MR) is 103 cm³/mol. The molecular weight excluding hydrogens is 342 g/mol. The number of carbonyl (C=O) groups excluding carboxylic acids is 2. The molecule has 1 atom stereocenters. The Hall–Kier alpha value is -2.82. The van der Waals surface area contributed by atoms with Crippen molar-refractivity contribution in [3.05, 3.63) is 65.7 Å². The van der Waals surface area contributed by atoms with Crippen molar-refractivity contribution in [1.29, 1.82) is 0 Å². The summed E-state index contributed by atoms with van der Waals surface area (Å²) in [6, 6.07) is 16.5. The van der Waals surface area contributed by atoms with E-state index in [2.05, 4.69) is 0 Å². The normalized spacial score (nSPS) is 16.6. The number of rotatable bonds is 6. The second-order valence-electron chi connectivity index (χ2n) is 6.56. The van der Waals surface area contributed by atoms with Crippen LogP contribution in [-0.2, 0) is 16.1 Å². The van der Waals surface area contributed by atoms with Gasteiger partial charge in [-0.3, -0.25) is 4.79 Å². The molecule has 1 unspecified atom stereocenters. The number of amides is 1. The van der Waals surface area contributed by atoms with Crippen LogP contribution in [0.3, 0.4) is 0 Å². The van der Waals surface area contributed by atoms with Gasteiger partial charge < -0.3 is 14.4 Å². The number of carbonyl (C=O) groups is 2. The molecule has 5 nitrogen and oxygen atoms in total. The van der Waals surface area contributed by atoms with Crippen LogP contribution in [0.15, 0.2) is 54.6 Å². The van der Waals surface area contributed by atoms with Gasteiger partial charge in [-0.25, -0.2) is 4.79 Å². The standard InChI is InChI=1S/C22H25NO4/c1-2-26-22(25)20-10-6-7-15-23(20)21(24)18-11-13-19(14-12-18)27-16-17-8-4-3-5-9-17/h3-5,8-9,11-14,20H,2,6-7,10,15-16H2,1H3. The van der Waals surface area contributed by atoms with Gasteiger partial charge in [0.25, 0.3) is 5.91 Å². The number of benzene rings is 2. The Balaban J connectivity index is 1.64. The molecule has 2 aromatic rings. The topological polar surface area (TPSA) is 55.8 Å². The molecule has 0 radical (unpaired) electrons. The first-order valence-electron chi connectivity index (χ1n) is 9.43. The average molecular weight is 367 g/mol. The molecular formula is C22H25NO4. The summed E-state index contributed by atoms with van der Waals surface area (Å²) in [5, 5.41) is 0. The van der Waals surface area contributed by atoms with Gasteiger partial charge >= 0.3 is 5.97 Å². The summed E-state index contributed by atoms with van der Waals surface area (Å²) in [6.45, 7) is 3.16. The van der Waals surface area contributed by atoms with Crippen molar-refractivity contribution in [1.82, 2.24) is 4.90 Å². The molecule has 1 aliphatic heterocycles. The second-order valence-corrected chi connectivity index (χ2v) is 6.56. The first-order valence-corrected chi connectivity index (χ1v) is 9.43. The molecule has 0 aromatic heterocycles. The van der Waals surface area contributed by atoms with E-state index in [4.69, 9.17) is 9.47 Å². The molecule has 1 amide bonds. The minimum atomic E-state index is -0.486. The summed E-state index contributed by atoms with van der Waals surface area (Å²) < 4.78 is 10.9. The summed E-state index contributed by atoms with van der Waals surface area (Å²) in [5.41, 5.74) is 1.64. The van der Waals surface area contributed by atoms with Crippen molar-refractivity contribution in [3.63, 3.8) is 0 Å². The minimum absolute atomic E-state index is 0.137. The molecule has 142 valence electrons. The largest absolute Gasteiger partial charge is 0.489 e. The minimum Gasteiger partial charge on any atom is -0.489 e. The van der Waals surface area contributed by atoms with E-state index < -0.39 is 6.04 Å². The number of hydrogen-bond acceptors (Lipinski definition) is 4. The van der Waals surface area contributed by atoms with E-state index in [-0.39, 0.29) is 11.9 Å².